The molecule has 92 valence electrons. The van der Waals surface area contributed by atoms with E-state index in [1.807, 2.05) is 27.7 Å². The molecule has 0 radical (unpaired) electrons. The lowest BCUT2D eigenvalue weighted by molar-refractivity contribution is 0.00578. The van der Waals surface area contributed by atoms with Crippen LogP contribution >= 0.6 is 12.6 Å². The molecule has 0 saturated carbocycles. The SMILES string of the molecule is CC1(C)OB(c2ccc(O)c(S)c2)OC1(C)C. The van der Waals surface area contributed by atoms with E-state index in [1.54, 1.807) is 18.2 Å². The highest BCUT2D eigenvalue weighted by molar-refractivity contribution is 7.80. The summed E-state index contributed by atoms with van der Waals surface area (Å²) in [5, 5.41) is 9.43. The maximum Gasteiger partial charge on any atom is 0.494 e. The summed E-state index contributed by atoms with van der Waals surface area (Å²) in [6, 6.07) is 5.15. The lowest BCUT2D eigenvalue weighted by Crippen LogP contribution is -2.41. The van der Waals surface area contributed by atoms with Crippen LogP contribution in [-0.2, 0) is 9.31 Å². The Morgan fingerprint density at radius 2 is 1.65 bits per heavy atom. The summed E-state index contributed by atoms with van der Waals surface area (Å²) < 4.78 is 11.8. The Labute approximate surface area is 108 Å². The lowest BCUT2D eigenvalue weighted by atomic mass is 9.79. The molecule has 5 heteroatoms. The third kappa shape index (κ3) is 2.19. The largest absolute Gasteiger partial charge is 0.507 e. The number of thiol groups is 1. The van der Waals surface area contributed by atoms with Crippen LogP contribution in [0.15, 0.2) is 23.1 Å². The second-order valence-corrected chi connectivity index (χ2v) is 5.82. The van der Waals surface area contributed by atoms with Crippen LogP contribution in [0.2, 0.25) is 0 Å². The minimum Gasteiger partial charge on any atom is -0.507 e. The molecule has 1 heterocycles. The van der Waals surface area contributed by atoms with Gasteiger partial charge in [-0.05, 0) is 45.3 Å². The molecular weight excluding hydrogens is 235 g/mol. The minimum atomic E-state index is -0.411. The molecule has 1 fully saturated rings. The van der Waals surface area contributed by atoms with Crippen molar-refractivity contribution < 1.29 is 14.4 Å². The lowest BCUT2D eigenvalue weighted by Gasteiger charge is -2.32. The zero-order valence-electron chi connectivity index (χ0n) is 10.5. The zero-order chi connectivity index (χ0) is 12.8. The molecule has 1 aliphatic rings. The van der Waals surface area contributed by atoms with Gasteiger partial charge in [0.2, 0.25) is 0 Å². The van der Waals surface area contributed by atoms with Gasteiger partial charge in [-0.15, -0.1) is 12.6 Å². The van der Waals surface area contributed by atoms with Gasteiger partial charge >= 0.3 is 7.12 Å². The highest BCUT2D eigenvalue weighted by Crippen LogP contribution is 2.36. The van der Waals surface area contributed by atoms with Gasteiger partial charge < -0.3 is 14.4 Å². The third-order valence-electron chi connectivity index (χ3n) is 3.52. The van der Waals surface area contributed by atoms with Crippen molar-refractivity contribution in [3.8, 4) is 5.75 Å². The van der Waals surface area contributed by atoms with Gasteiger partial charge in [-0.3, -0.25) is 0 Å². The first-order chi connectivity index (χ1) is 7.73. The molecule has 0 bridgehead atoms. The fourth-order valence-electron chi connectivity index (χ4n) is 1.67. The average molecular weight is 252 g/mol. The van der Waals surface area contributed by atoms with Crippen molar-refractivity contribution in [2.24, 2.45) is 0 Å². The van der Waals surface area contributed by atoms with E-state index in [9.17, 15) is 5.11 Å². The van der Waals surface area contributed by atoms with Crippen LogP contribution in [0.1, 0.15) is 27.7 Å². The molecule has 1 aromatic rings. The van der Waals surface area contributed by atoms with Crippen LogP contribution in [0.25, 0.3) is 0 Å². The summed E-state index contributed by atoms with van der Waals surface area (Å²) in [7, 11) is -0.411. The second kappa shape index (κ2) is 3.94. The van der Waals surface area contributed by atoms with Crippen LogP contribution in [-0.4, -0.2) is 23.4 Å². The smallest absolute Gasteiger partial charge is 0.494 e. The standard InChI is InChI=1S/C12H17BO3S/c1-11(2)12(3,4)16-13(15-11)8-5-6-9(14)10(17)7-8/h5-7,14,17H,1-4H3. The summed E-state index contributed by atoms with van der Waals surface area (Å²) in [6.07, 6.45) is 0. The maximum atomic E-state index is 9.43. The van der Waals surface area contributed by atoms with Crippen LogP contribution in [0.5, 0.6) is 5.75 Å². The van der Waals surface area contributed by atoms with Gasteiger partial charge in [0.1, 0.15) is 5.75 Å². The van der Waals surface area contributed by atoms with E-state index in [1.165, 1.54) is 0 Å². The molecule has 0 atom stereocenters. The van der Waals surface area contributed by atoms with Crippen LogP contribution in [0.3, 0.4) is 0 Å². The average Bonchev–Trinajstić information content (AvgIpc) is 2.41. The Hall–Kier alpha value is -0.645. The predicted octanol–water partition coefficient (Wildman–Crippen LogP) is 1.98. The number of phenols is 1. The minimum absolute atomic E-state index is 0.161. The quantitative estimate of drug-likeness (QED) is 0.593. The second-order valence-electron chi connectivity index (χ2n) is 5.34. The van der Waals surface area contributed by atoms with Gasteiger partial charge in [0.25, 0.3) is 0 Å². The highest BCUT2D eigenvalue weighted by atomic mass is 32.1. The summed E-state index contributed by atoms with van der Waals surface area (Å²) >= 11 is 4.19. The van der Waals surface area contributed by atoms with Gasteiger partial charge in [0.15, 0.2) is 0 Å². The van der Waals surface area contributed by atoms with Gasteiger partial charge in [-0.1, -0.05) is 6.07 Å². The van der Waals surface area contributed by atoms with Gasteiger partial charge in [-0.2, -0.15) is 0 Å². The highest BCUT2D eigenvalue weighted by Gasteiger charge is 2.51. The van der Waals surface area contributed by atoms with E-state index in [2.05, 4.69) is 12.6 Å². The van der Waals surface area contributed by atoms with Crippen molar-refractivity contribution in [3.63, 3.8) is 0 Å². The summed E-state index contributed by atoms with van der Waals surface area (Å²) in [5.74, 6) is 0.161. The van der Waals surface area contributed by atoms with Crippen molar-refractivity contribution in [2.45, 2.75) is 43.8 Å². The molecule has 3 nitrogen and oxygen atoms in total. The van der Waals surface area contributed by atoms with Gasteiger partial charge in [0, 0.05) is 4.90 Å². The van der Waals surface area contributed by atoms with E-state index < -0.39 is 7.12 Å². The monoisotopic (exact) mass is 252 g/mol. The molecule has 2 rings (SSSR count). The molecule has 0 spiro atoms. The van der Waals surface area contributed by atoms with E-state index in [0.29, 0.717) is 4.90 Å². The Kier molecular flexibility index (Phi) is 2.96. The summed E-state index contributed by atoms with van der Waals surface area (Å²) in [5.41, 5.74) is 0.157. The zero-order valence-corrected chi connectivity index (χ0v) is 11.4. The first kappa shape index (κ1) is 12.8. The molecule has 0 aliphatic carbocycles. The molecule has 0 unspecified atom stereocenters. The van der Waals surface area contributed by atoms with Crippen LogP contribution in [0, 0.1) is 0 Å². The summed E-state index contributed by atoms with van der Waals surface area (Å²) in [4.78, 5) is 0.525. The number of benzene rings is 1. The first-order valence-corrected chi connectivity index (χ1v) is 6.05. The topological polar surface area (TPSA) is 38.7 Å². The number of hydrogen-bond donors (Lipinski definition) is 2. The van der Waals surface area contributed by atoms with E-state index in [-0.39, 0.29) is 17.0 Å². The Bertz CT molecular complexity index is 429. The van der Waals surface area contributed by atoms with Crippen molar-refractivity contribution in [3.05, 3.63) is 18.2 Å². The number of hydrogen-bond acceptors (Lipinski definition) is 4. The van der Waals surface area contributed by atoms with E-state index in [4.69, 9.17) is 9.31 Å². The normalized spacial score (nSPS) is 21.8. The van der Waals surface area contributed by atoms with Crippen LogP contribution < -0.4 is 5.46 Å². The summed E-state index contributed by atoms with van der Waals surface area (Å²) in [6.45, 7) is 8.04. The number of aromatic hydroxyl groups is 1. The third-order valence-corrected chi connectivity index (χ3v) is 3.88. The Balaban J connectivity index is 2.29. The molecule has 17 heavy (non-hydrogen) atoms. The van der Waals surface area contributed by atoms with Crippen molar-refractivity contribution in [1.29, 1.82) is 0 Å². The molecule has 0 aromatic heterocycles. The van der Waals surface area contributed by atoms with Crippen molar-refractivity contribution >= 4 is 25.2 Å². The van der Waals surface area contributed by atoms with Crippen LogP contribution in [0.4, 0.5) is 0 Å². The molecular formula is C12H17BO3S. The molecule has 1 N–H and O–H groups in total. The van der Waals surface area contributed by atoms with E-state index in [0.717, 1.165) is 5.46 Å². The number of phenolic OH excluding ortho intramolecular Hbond substituents is 1. The molecule has 0 amide bonds. The Morgan fingerprint density at radius 1 is 1.12 bits per heavy atom. The Morgan fingerprint density at radius 3 is 2.12 bits per heavy atom. The fourth-order valence-corrected chi connectivity index (χ4v) is 1.89. The van der Waals surface area contributed by atoms with Crippen molar-refractivity contribution in [2.75, 3.05) is 0 Å². The van der Waals surface area contributed by atoms with E-state index >= 15 is 0 Å². The maximum absolute atomic E-state index is 9.43. The predicted molar refractivity (Wildman–Crippen MR) is 71.1 cm³/mol. The number of rotatable bonds is 1. The van der Waals surface area contributed by atoms with Gasteiger partial charge in [-0.25, -0.2) is 0 Å². The molecule has 1 aliphatic heterocycles. The molecule has 1 aromatic carbocycles. The molecule has 1 saturated heterocycles. The van der Waals surface area contributed by atoms with Crippen molar-refractivity contribution in [1.82, 2.24) is 0 Å². The van der Waals surface area contributed by atoms with Gasteiger partial charge in [0.05, 0.1) is 11.2 Å². The first-order valence-electron chi connectivity index (χ1n) is 5.60. The fraction of sp³-hybridized carbons (Fsp3) is 0.500.